The predicted molar refractivity (Wildman–Crippen MR) is 216 cm³/mol. The molecule has 1 unspecified atom stereocenters. The lowest BCUT2D eigenvalue weighted by molar-refractivity contribution is -0.193. The maximum atomic E-state index is 10.3. The van der Waals surface area contributed by atoms with Gasteiger partial charge in [-0.2, -0.15) is 0 Å². The first kappa shape index (κ1) is 46.4. The minimum Gasteiger partial charge on any atom is -0.779 e. The zero-order chi connectivity index (χ0) is 37.9. The van der Waals surface area contributed by atoms with E-state index >= 15 is 0 Å². The van der Waals surface area contributed by atoms with Gasteiger partial charge in [-0.05, 0) is 70.0 Å². The zero-order valence-electron chi connectivity index (χ0n) is 33.1. The highest BCUT2D eigenvalue weighted by molar-refractivity contribution is 7.97. The summed E-state index contributed by atoms with van der Waals surface area (Å²) >= 11 is 0. The van der Waals surface area contributed by atoms with Crippen molar-refractivity contribution in [2.24, 2.45) is 16.2 Å². The van der Waals surface area contributed by atoms with Crippen LogP contribution >= 0.6 is 7.60 Å². The molecule has 0 amide bonds. The first-order chi connectivity index (χ1) is 22.3. The van der Waals surface area contributed by atoms with Gasteiger partial charge in [-0.25, -0.2) is 0 Å². The summed E-state index contributed by atoms with van der Waals surface area (Å²) in [6.45, 7) is 30.0. The second-order valence-electron chi connectivity index (χ2n) is 17.5. The Bertz CT molecular complexity index is 1310. The van der Waals surface area contributed by atoms with Crippen molar-refractivity contribution in [3.8, 4) is 0 Å². The Morgan fingerprint density at radius 2 is 0.755 bits per heavy atom. The molecule has 1 N–H and O–H groups in total. The van der Waals surface area contributed by atoms with Crippen LogP contribution in [0.2, 0.25) is 0 Å². The number of hydrogen-bond donors (Lipinski definition) is 1. The van der Waals surface area contributed by atoms with Crippen molar-refractivity contribution < 1.29 is 14.4 Å². The Kier molecular flexibility index (Phi) is 20.4. The zero-order valence-corrected chi connectivity index (χ0v) is 34.8. The summed E-state index contributed by atoms with van der Waals surface area (Å²) in [5.74, 6) is 0. The van der Waals surface area contributed by atoms with Crippen LogP contribution in [0.3, 0.4) is 0 Å². The molecule has 4 aromatic carbocycles. The Hall–Kier alpha value is -2.62. The molecule has 0 bridgehead atoms. The molecule has 272 valence electrons. The van der Waals surface area contributed by atoms with Crippen LogP contribution in [0.4, 0.5) is 0 Å². The largest absolute Gasteiger partial charge is 0.779 e. The van der Waals surface area contributed by atoms with E-state index < -0.39 is 7.60 Å². The van der Waals surface area contributed by atoms with Crippen LogP contribution < -0.4 is 4.89 Å². The van der Waals surface area contributed by atoms with Gasteiger partial charge in [-0.15, -0.1) is 0 Å². The molecule has 0 aliphatic heterocycles. The molecule has 1 atom stereocenters. The molecule has 4 rings (SSSR count). The van der Waals surface area contributed by atoms with E-state index in [9.17, 15) is 9.46 Å². The molecule has 0 heterocycles. The SMILES string of the molecule is CC(C)(C)C.CC(C)(C)C.CC(C)(C)CCP(=O)([O-])O.CC(C)(C)c1ccccc1.c1ccc([S+](c2ccccc2)c2ccccc2)cc1. The van der Waals surface area contributed by atoms with Crippen molar-refractivity contribution in [2.45, 2.75) is 123 Å². The molecule has 5 heteroatoms. The topological polar surface area (TPSA) is 60.4 Å². The van der Waals surface area contributed by atoms with Crippen molar-refractivity contribution in [3.05, 3.63) is 127 Å². The van der Waals surface area contributed by atoms with E-state index in [0.717, 1.165) is 0 Å². The summed E-state index contributed by atoms with van der Waals surface area (Å²) in [5, 5.41) is 0. The van der Waals surface area contributed by atoms with E-state index in [2.05, 4.69) is 197 Å². The van der Waals surface area contributed by atoms with E-state index in [0.29, 0.717) is 22.7 Å². The molecule has 0 aliphatic rings. The lowest BCUT2D eigenvalue weighted by Gasteiger charge is -2.22. The van der Waals surface area contributed by atoms with E-state index in [4.69, 9.17) is 4.89 Å². The monoisotopic (exact) mass is 706 g/mol. The highest BCUT2D eigenvalue weighted by atomic mass is 32.2. The summed E-state index contributed by atoms with van der Waals surface area (Å²) < 4.78 is 10.3. The smallest absolute Gasteiger partial charge is 0.166 e. The van der Waals surface area contributed by atoms with E-state index in [1.54, 1.807) is 0 Å². The average molecular weight is 707 g/mol. The van der Waals surface area contributed by atoms with Crippen molar-refractivity contribution in [1.82, 2.24) is 0 Å². The molecule has 0 saturated carbocycles. The second kappa shape index (κ2) is 21.6. The molecule has 4 aromatic rings. The van der Waals surface area contributed by atoms with Crippen LogP contribution in [0.25, 0.3) is 0 Å². The fourth-order valence-corrected chi connectivity index (χ4v) is 6.55. The van der Waals surface area contributed by atoms with Gasteiger partial charge in [0.1, 0.15) is 7.60 Å². The third kappa shape index (κ3) is 28.9. The number of rotatable bonds is 5. The van der Waals surface area contributed by atoms with Gasteiger partial charge in [0, 0.05) is 6.16 Å². The first-order valence-electron chi connectivity index (χ1n) is 17.2. The molecule has 0 spiro atoms. The minimum absolute atomic E-state index is 0.0146. The van der Waals surface area contributed by atoms with Gasteiger partial charge in [0.2, 0.25) is 0 Å². The van der Waals surface area contributed by atoms with Crippen LogP contribution in [0.1, 0.15) is 109 Å². The fourth-order valence-electron chi connectivity index (χ4n) is 3.49. The summed E-state index contributed by atoms with van der Waals surface area (Å²) in [5.41, 5.74) is 2.67. The molecule has 3 nitrogen and oxygen atoms in total. The quantitative estimate of drug-likeness (QED) is 0.166. The van der Waals surface area contributed by atoms with Gasteiger partial charge < -0.3 is 14.4 Å². The molecular weight excluding hydrogens is 640 g/mol. The van der Waals surface area contributed by atoms with Gasteiger partial charge in [-0.1, -0.05) is 182 Å². The van der Waals surface area contributed by atoms with Crippen molar-refractivity contribution in [2.75, 3.05) is 6.16 Å². The summed E-state index contributed by atoms with van der Waals surface area (Å²) in [6.07, 6.45) is 0.390. The molecular formula is C44H67O3PS. The number of benzene rings is 4. The standard InChI is InChI=1S/C18H15S.C10H14.C6H15O3P.2C5H12/c1-4-10-16(11-5-1)19(17-12-6-2-7-13-17)18-14-8-3-9-15-18;1-10(2,3)9-7-5-4-6-8-9;1-6(2,3)4-5-10(7,8)9;2*1-5(2,3)4/h1-15H;4-8H,1-3H3;4-5H2,1-3H3,(H2,7,8,9);2*1-4H3/q+1;;;;/p-1. The van der Waals surface area contributed by atoms with Crippen LogP contribution in [0, 0.1) is 16.2 Å². The summed E-state index contributed by atoms with van der Waals surface area (Å²) in [7, 11) is -4.03. The maximum Gasteiger partial charge on any atom is 0.166 e. The van der Waals surface area contributed by atoms with Crippen LogP contribution in [0.15, 0.2) is 136 Å². The summed E-state index contributed by atoms with van der Waals surface area (Å²) in [6, 6.07) is 42.7. The predicted octanol–water partition coefficient (Wildman–Crippen LogP) is 12.8. The fraction of sp³-hybridized carbons (Fsp3) is 0.455. The highest BCUT2D eigenvalue weighted by Gasteiger charge is 2.27. The van der Waals surface area contributed by atoms with Gasteiger partial charge in [0.25, 0.3) is 0 Å². The highest BCUT2D eigenvalue weighted by Crippen LogP contribution is 2.34. The van der Waals surface area contributed by atoms with Crippen LogP contribution in [-0.4, -0.2) is 11.1 Å². The Morgan fingerprint density at radius 3 is 0.918 bits per heavy atom. The number of hydrogen-bond acceptors (Lipinski definition) is 2. The Morgan fingerprint density at radius 1 is 0.510 bits per heavy atom. The molecule has 0 saturated heterocycles. The molecule has 0 aliphatic carbocycles. The minimum atomic E-state index is -4.01. The van der Waals surface area contributed by atoms with Crippen LogP contribution in [-0.2, 0) is 20.9 Å². The van der Waals surface area contributed by atoms with Gasteiger partial charge >= 0.3 is 0 Å². The summed E-state index contributed by atoms with van der Waals surface area (Å²) in [4.78, 5) is 22.7. The molecule has 49 heavy (non-hydrogen) atoms. The van der Waals surface area contributed by atoms with Crippen molar-refractivity contribution in [3.63, 3.8) is 0 Å². The second-order valence-corrected chi connectivity index (χ2v) is 21.3. The van der Waals surface area contributed by atoms with Gasteiger partial charge in [0.05, 0.1) is 10.9 Å². The lowest BCUT2D eigenvalue weighted by atomic mass is 9.87. The Balaban J connectivity index is 0.000000657. The van der Waals surface area contributed by atoms with Gasteiger partial charge in [-0.3, -0.25) is 0 Å². The van der Waals surface area contributed by atoms with E-state index in [1.165, 1.54) is 20.2 Å². The van der Waals surface area contributed by atoms with E-state index in [-0.39, 0.29) is 22.5 Å². The van der Waals surface area contributed by atoms with E-state index in [1.807, 2.05) is 20.8 Å². The van der Waals surface area contributed by atoms with Crippen LogP contribution in [0.5, 0.6) is 0 Å². The normalized spacial score (nSPS) is 12.7. The molecule has 0 fully saturated rings. The molecule has 0 radical (unpaired) electrons. The third-order valence-electron chi connectivity index (χ3n) is 5.72. The maximum absolute atomic E-state index is 10.3. The van der Waals surface area contributed by atoms with Crippen molar-refractivity contribution >= 4 is 18.5 Å². The Labute approximate surface area is 304 Å². The first-order valence-corrected chi connectivity index (χ1v) is 20.2. The lowest BCUT2D eigenvalue weighted by Crippen LogP contribution is -2.12. The molecule has 0 aromatic heterocycles. The third-order valence-corrected chi connectivity index (χ3v) is 8.74. The average Bonchev–Trinajstić information content (AvgIpc) is 2.96. The van der Waals surface area contributed by atoms with Crippen molar-refractivity contribution in [1.29, 1.82) is 0 Å². The van der Waals surface area contributed by atoms with Gasteiger partial charge in [0.15, 0.2) is 14.7 Å².